The highest BCUT2D eigenvalue weighted by molar-refractivity contribution is 5.34. The topological polar surface area (TPSA) is 42.7 Å². The van der Waals surface area contributed by atoms with Crippen molar-refractivity contribution in [2.45, 2.75) is 25.7 Å². The standard InChI is InChI=1S/C18H17F3N4/c1-13(15-5-7-17(8-6-15)25-12-22-11-24-25)23-10-14-3-2-4-16(9-14)18(19,20)21/h2-9,11-13,23H,10H2,1H3. The molecule has 2 aromatic carbocycles. The van der Waals surface area contributed by atoms with Gasteiger partial charge in [0.2, 0.25) is 0 Å². The van der Waals surface area contributed by atoms with Crippen LogP contribution in [0.15, 0.2) is 61.2 Å². The van der Waals surface area contributed by atoms with E-state index in [9.17, 15) is 13.2 Å². The van der Waals surface area contributed by atoms with Crippen LogP contribution < -0.4 is 5.32 Å². The first kappa shape index (κ1) is 17.2. The minimum Gasteiger partial charge on any atom is -0.306 e. The third-order valence-corrected chi connectivity index (χ3v) is 3.94. The van der Waals surface area contributed by atoms with Crippen LogP contribution in [-0.4, -0.2) is 14.8 Å². The van der Waals surface area contributed by atoms with Gasteiger partial charge in [-0.05, 0) is 36.2 Å². The molecule has 1 heterocycles. The number of benzene rings is 2. The van der Waals surface area contributed by atoms with Crippen LogP contribution in [0.1, 0.15) is 29.7 Å². The van der Waals surface area contributed by atoms with Gasteiger partial charge in [-0.1, -0.05) is 30.3 Å². The SMILES string of the molecule is CC(NCc1cccc(C(F)(F)F)c1)c1ccc(-n2cncn2)cc1. The smallest absolute Gasteiger partial charge is 0.306 e. The lowest BCUT2D eigenvalue weighted by Gasteiger charge is -2.16. The molecule has 1 N–H and O–H groups in total. The monoisotopic (exact) mass is 346 g/mol. The molecule has 3 aromatic rings. The molecular formula is C18H17F3N4. The van der Waals surface area contributed by atoms with Crippen molar-refractivity contribution in [2.24, 2.45) is 0 Å². The van der Waals surface area contributed by atoms with Crippen LogP contribution in [0, 0.1) is 0 Å². The van der Waals surface area contributed by atoms with E-state index in [0.29, 0.717) is 12.1 Å². The second-order valence-electron chi connectivity index (χ2n) is 5.73. The third-order valence-electron chi connectivity index (χ3n) is 3.94. The number of hydrogen-bond acceptors (Lipinski definition) is 3. The van der Waals surface area contributed by atoms with E-state index in [0.717, 1.165) is 17.3 Å². The van der Waals surface area contributed by atoms with Crippen LogP contribution in [0.2, 0.25) is 0 Å². The molecule has 0 radical (unpaired) electrons. The summed E-state index contributed by atoms with van der Waals surface area (Å²) in [4.78, 5) is 3.90. The van der Waals surface area contributed by atoms with Gasteiger partial charge >= 0.3 is 6.18 Å². The van der Waals surface area contributed by atoms with Crippen molar-refractivity contribution < 1.29 is 13.2 Å². The minimum absolute atomic E-state index is 0.000612. The van der Waals surface area contributed by atoms with Crippen LogP contribution in [0.3, 0.4) is 0 Å². The molecule has 1 unspecified atom stereocenters. The number of aromatic nitrogens is 3. The molecule has 0 spiro atoms. The molecule has 0 fully saturated rings. The maximum Gasteiger partial charge on any atom is 0.416 e. The molecule has 1 aromatic heterocycles. The minimum atomic E-state index is -4.32. The van der Waals surface area contributed by atoms with Crippen molar-refractivity contribution in [2.75, 3.05) is 0 Å². The maximum absolute atomic E-state index is 12.8. The van der Waals surface area contributed by atoms with Crippen molar-refractivity contribution in [1.29, 1.82) is 0 Å². The summed E-state index contributed by atoms with van der Waals surface area (Å²) in [6.45, 7) is 2.33. The first-order valence-corrected chi connectivity index (χ1v) is 7.78. The molecule has 0 aliphatic heterocycles. The lowest BCUT2D eigenvalue weighted by atomic mass is 10.1. The van der Waals surface area contributed by atoms with Crippen LogP contribution in [0.25, 0.3) is 5.69 Å². The molecule has 0 saturated carbocycles. The Morgan fingerprint density at radius 3 is 2.52 bits per heavy atom. The summed E-state index contributed by atoms with van der Waals surface area (Å²) in [6, 6.07) is 13.1. The predicted octanol–water partition coefficient (Wildman–Crippen LogP) is 4.14. The van der Waals surface area contributed by atoms with Gasteiger partial charge in [-0.2, -0.15) is 18.3 Å². The zero-order valence-electron chi connectivity index (χ0n) is 13.5. The average Bonchev–Trinajstić information content (AvgIpc) is 3.14. The van der Waals surface area contributed by atoms with Crippen molar-refractivity contribution in [3.8, 4) is 5.69 Å². The molecule has 1 atom stereocenters. The van der Waals surface area contributed by atoms with Gasteiger partial charge in [0.05, 0.1) is 11.3 Å². The second-order valence-corrected chi connectivity index (χ2v) is 5.73. The number of halogens is 3. The molecule has 0 amide bonds. The predicted molar refractivity (Wildman–Crippen MR) is 88.1 cm³/mol. The molecule has 7 heteroatoms. The summed E-state index contributed by atoms with van der Waals surface area (Å²) < 4.78 is 39.9. The first-order chi connectivity index (χ1) is 11.9. The number of alkyl halides is 3. The van der Waals surface area contributed by atoms with Crippen molar-refractivity contribution in [3.05, 3.63) is 77.9 Å². The molecule has 4 nitrogen and oxygen atoms in total. The highest BCUT2D eigenvalue weighted by Gasteiger charge is 2.30. The van der Waals surface area contributed by atoms with E-state index in [2.05, 4.69) is 15.4 Å². The van der Waals surface area contributed by atoms with E-state index in [1.807, 2.05) is 31.2 Å². The van der Waals surface area contributed by atoms with E-state index >= 15 is 0 Å². The summed E-state index contributed by atoms with van der Waals surface area (Å²) in [5.74, 6) is 0. The molecule has 25 heavy (non-hydrogen) atoms. The lowest BCUT2D eigenvalue weighted by molar-refractivity contribution is -0.137. The molecule has 130 valence electrons. The summed E-state index contributed by atoms with van der Waals surface area (Å²) >= 11 is 0. The highest BCUT2D eigenvalue weighted by atomic mass is 19.4. The van der Waals surface area contributed by atoms with E-state index < -0.39 is 11.7 Å². The van der Waals surface area contributed by atoms with Gasteiger partial charge in [0.1, 0.15) is 12.7 Å². The maximum atomic E-state index is 12.8. The molecular weight excluding hydrogens is 329 g/mol. The second kappa shape index (κ2) is 7.06. The Morgan fingerprint density at radius 1 is 1.12 bits per heavy atom. The van der Waals surface area contributed by atoms with Crippen molar-refractivity contribution >= 4 is 0 Å². The molecule has 0 bridgehead atoms. The number of rotatable bonds is 5. The highest BCUT2D eigenvalue weighted by Crippen LogP contribution is 2.29. The van der Waals surface area contributed by atoms with Gasteiger partial charge in [-0.15, -0.1) is 0 Å². The van der Waals surface area contributed by atoms with Crippen LogP contribution in [0.4, 0.5) is 13.2 Å². The number of hydrogen-bond donors (Lipinski definition) is 1. The van der Waals surface area contributed by atoms with E-state index in [4.69, 9.17) is 0 Å². The Balaban J connectivity index is 1.64. The van der Waals surface area contributed by atoms with Gasteiger partial charge in [-0.3, -0.25) is 0 Å². The molecule has 0 saturated heterocycles. The van der Waals surface area contributed by atoms with Crippen molar-refractivity contribution in [3.63, 3.8) is 0 Å². The molecule has 0 aliphatic carbocycles. The fourth-order valence-corrected chi connectivity index (χ4v) is 2.50. The van der Waals surface area contributed by atoms with Crippen LogP contribution in [0.5, 0.6) is 0 Å². The summed E-state index contributed by atoms with van der Waals surface area (Å²) in [5.41, 5.74) is 1.90. The van der Waals surface area contributed by atoms with Crippen LogP contribution in [-0.2, 0) is 12.7 Å². The Morgan fingerprint density at radius 2 is 1.88 bits per heavy atom. The largest absolute Gasteiger partial charge is 0.416 e. The van der Waals surface area contributed by atoms with E-state index in [1.54, 1.807) is 17.1 Å². The summed E-state index contributed by atoms with van der Waals surface area (Å²) in [6.07, 6.45) is -1.24. The Bertz CT molecular complexity index is 811. The fraction of sp³-hybridized carbons (Fsp3) is 0.222. The van der Waals surface area contributed by atoms with Crippen LogP contribution >= 0.6 is 0 Å². The zero-order chi connectivity index (χ0) is 17.9. The third kappa shape index (κ3) is 4.24. The Kier molecular flexibility index (Phi) is 4.85. The van der Waals surface area contributed by atoms with Gasteiger partial charge < -0.3 is 5.32 Å². The Hall–Kier alpha value is -2.67. The van der Waals surface area contributed by atoms with Gasteiger partial charge in [0.25, 0.3) is 0 Å². The van der Waals surface area contributed by atoms with E-state index in [1.165, 1.54) is 18.5 Å². The number of nitrogens with one attached hydrogen (secondary N) is 1. The average molecular weight is 346 g/mol. The summed E-state index contributed by atoms with van der Waals surface area (Å²) in [5, 5.41) is 7.31. The fourth-order valence-electron chi connectivity index (χ4n) is 2.50. The van der Waals surface area contributed by atoms with Gasteiger partial charge in [-0.25, -0.2) is 9.67 Å². The molecule has 0 aliphatic rings. The van der Waals surface area contributed by atoms with E-state index in [-0.39, 0.29) is 6.04 Å². The quantitative estimate of drug-likeness (QED) is 0.755. The Labute approximate surface area is 143 Å². The first-order valence-electron chi connectivity index (χ1n) is 7.78. The van der Waals surface area contributed by atoms with Gasteiger partial charge in [0.15, 0.2) is 0 Å². The molecule has 3 rings (SSSR count). The zero-order valence-corrected chi connectivity index (χ0v) is 13.5. The summed E-state index contributed by atoms with van der Waals surface area (Å²) in [7, 11) is 0. The number of nitrogens with zero attached hydrogens (tertiary/aromatic N) is 3. The lowest BCUT2D eigenvalue weighted by Crippen LogP contribution is -2.18. The van der Waals surface area contributed by atoms with Crippen molar-refractivity contribution in [1.82, 2.24) is 20.1 Å². The normalized spacial score (nSPS) is 13.0. The van der Waals surface area contributed by atoms with Gasteiger partial charge in [0, 0.05) is 12.6 Å².